The van der Waals surface area contributed by atoms with Crippen LogP contribution in [0.25, 0.3) is 0 Å². The Morgan fingerprint density at radius 3 is 1.67 bits per heavy atom. The van der Waals surface area contributed by atoms with E-state index in [1.165, 1.54) is 0 Å². The summed E-state index contributed by atoms with van der Waals surface area (Å²) in [5.41, 5.74) is -0.222. The van der Waals surface area contributed by atoms with Crippen LogP contribution in [0.3, 0.4) is 0 Å². The lowest BCUT2D eigenvalue weighted by molar-refractivity contribution is 0.159. The van der Waals surface area contributed by atoms with Crippen molar-refractivity contribution < 1.29 is 0 Å². The van der Waals surface area contributed by atoms with Gasteiger partial charge in [0.25, 0.3) is 0 Å². The Bertz CT molecular complexity index is 76.9. The summed E-state index contributed by atoms with van der Waals surface area (Å²) in [6.45, 7) is 8.00. The number of hydroxylamine groups is 2. The van der Waals surface area contributed by atoms with Gasteiger partial charge in [-0.25, -0.2) is 0 Å². The second-order valence-corrected chi connectivity index (χ2v) is 3.31. The normalized spacial score (nSPS) is 13.3. The average Bonchev–Trinajstić information content (AvgIpc) is 1.65. The second kappa shape index (κ2) is 2.67. The standard InChI is InChI=1S/C7H16NO/c1-6(2)7(3,4)8(5)9/h6H,1-5H3/q-1. The lowest BCUT2D eigenvalue weighted by Gasteiger charge is -2.44. The lowest BCUT2D eigenvalue weighted by atomic mass is 9.91. The molecule has 56 valence electrons. The minimum atomic E-state index is -0.222. The molecule has 0 N–H and O–H groups in total. The van der Waals surface area contributed by atoms with Crippen molar-refractivity contribution in [2.45, 2.75) is 33.2 Å². The first-order chi connectivity index (χ1) is 3.89. The van der Waals surface area contributed by atoms with Gasteiger partial charge in [0.2, 0.25) is 0 Å². The molecule has 0 bridgehead atoms. The van der Waals surface area contributed by atoms with Gasteiger partial charge >= 0.3 is 0 Å². The Morgan fingerprint density at radius 1 is 1.33 bits per heavy atom. The van der Waals surface area contributed by atoms with Crippen LogP contribution in [0.5, 0.6) is 0 Å². The van der Waals surface area contributed by atoms with E-state index in [2.05, 4.69) is 13.8 Å². The van der Waals surface area contributed by atoms with Crippen LogP contribution in [-0.4, -0.2) is 17.6 Å². The van der Waals surface area contributed by atoms with Crippen molar-refractivity contribution in [3.63, 3.8) is 0 Å². The van der Waals surface area contributed by atoms with Crippen LogP contribution in [0.4, 0.5) is 0 Å². The molecule has 0 aromatic rings. The molecule has 0 rings (SSSR count). The zero-order valence-electron chi connectivity index (χ0n) is 6.93. The van der Waals surface area contributed by atoms with Gasteiger partial charge in [-0.05, 0) is 26.8 Å². The van der Waals surface area contributed by atoms with Gasteiger partial charge in [-0.2, -0.15) is 0 Å². The van der Waals surface area contributed by atoms with E-state index >= 15 is 0 Å². The summed E-state index contributed by atoms with van der Waals surface area (Å²) in [5, 5.41) is 11.8. The number of hydrogen-bond acceptors (Lipinski definition) is 2. The number of nitrogens with zero attached hydrogens (tertiary/aromatic N) is 1. The van der Waals surface area contributed by atoms with E-state index in [1.54, 1.807) is 7.05 Å². The van der Waals surface area contributed by atoms with Crippen molar-refractivity contribution in [2.75, 3.05) is 7.05 Å². The highest BCUT2D eigenvalue weighted by Gasteiger charge is 2.20. The molecule has 2 heteroatoms. The number of hydrogen-bond donors (Lipinski definition) is 0. The third-order valence-electron chi connectivity index (χ3n) is 2.22. The third-order valence-corrected chi connectivity index (χ3v) is 2.22. The van der Waals surface area contributed by atoms with Crippen LogP contribution >= 0.6 is 0 Å². The molecule has 0 aliphatic rings. The minimum Gasteiger partial charge on any atom is -0.785 e. The Labute approximate surface area is 57.4 Å². The SMILES string of the molecule is CC(C)C(C)(C)N(C)[O-]. The summed E-state index contributed by atoms with van der Waals surface area (Å²) in [6.07, 6.45) is 0. The summed E-state index contributed by atoms with van der Waals surface area (Å²) >= 11 is 0. The van der Waals surface area contributed by atoms with Crippen LogP contribution < -0.4 is 0 Å². The first kappa shape index (κ1) is 8.92. The van der Waals surface area contributed by atoms with Crippen molar-refractivity contribution in [2.24, 2.45) is 5.92 Å². The zero-order chi connectivity index (χ0) is 7.65. The molecular weight excluding hydrogens is 114 g/mol. The summed E-state index contributed by atoms with van der Waals surface area (Å²) in [5.74, 6) is 0.403. The number of rotatable bonds is 2. The highest BCUT2D eigenvalue weighted by atomic mass is 16.5. The predicted octanol–water partition coefficient (Wildman–Crippen LogP) is 1.85. The molecule has 0 aliphatic carbocycles. The van der Waals surface area contributed by atoms with Gasteiger partial charge < -0.3 is 10.3 Å². The molecular formula is C7H16NO-. The van der Waals surface area contributed by atoms with Gasteiger partial charge in [0.05, 0.1) is 0 Å². The summed E-state index contributed by atoms with van der Waals surface area (Å²) in [4.78, 5) is 0. The Morgan fingerprint density at radius 2 is 1.67 bits per heavy atom. The molecule has 0 heterocycles. The van der Waals surface area contributed by atoms with Crippen molar-refractivity contribution in [3.05, 3.63) is 5.21 Å². The quantitative estimate of drug-likeness (QED) is 0.533. The van der Waals surface area contributed by atoms with E-state index in [0.29, 0.717) is 5.92 Å². The molecule has 0 atom stereocenters. The van der Waals surface area contributed by atoms with Gasteiger partial charge in [-0.15, -0.1) is 0 Å². The van der Waals surface area contributed by atoms with Crippen LogP contribution in [0.1, 0.15) is 27.7 Å². The van der Waals surface area contributed by atoms with Gasteiger partial charge in [0.15, 0.2) is 0 Å². The fraction of sp³-hybridized carbons (Fsp3) is 1.00. The molecule has 0 spiro atoms. The first-order valence-electron chi connectivity index (χ1n) is 3.30. The average molecular weight is 130 g/mol. The van der Waals surface area contributed by atoms with Crippen LogP contribution in [0.2, 0.25) is 0 Å². The van der Waals surface area contributed by atoms with E-state index in [4.69, 9.17) is 0 Å². The van der Waals surface area contributed by atoms with Gasteiger partial charge in [0.1, 0.15) is 0 Å². The van der Waals surface area contributed by atoms with Crippen LogP contribution in [-0.2, 0) is 0 Å². The minimum absolute atomic E-state index is 0.222. The molecule has 9 heavy (non-hydrogen) atoms. The van der Waals surface area contributed by atoms with E-state index in [1.807, 2.05) is 13.8 Å². The van der Waals surface area contributed by atoms with Crippen molar-refractivity contribution in [1.82, 2.24) is 5.06 Å². The molecule has 2 nitrogen and oxygen atoms in total. The Hall–Kier alpha value is -0.0800. The largest absolute Gasteiger partial charge is 0.785 e. The molecule has 0 saturated carbocycles. The lowest BCUT2D eigenvalue weighted by Crippen LogP contribution is -2.41. The molecule has 0 radical (unpaired) electrons. The molecule has 0 aromatic carbocycles. The summed E-state index contributed by atoms with van der Waals surface area (Å²) in [7, 11) is 1.57. The molecule has 0 aromatic heterocycles. The monoisotopic (exact) mass is 130 g/mol. The molecule has 0 unspecified atom stereocenters. The third kappa shape index (κ3) is 1.95. The second-order valence-electron chi connectivity index (χ2n) is 3.31. The van der Waals surface area contributed by atoms with Gasteiger partial charge in [0, 0.05) is 5.54 Å². The molecule has 0 amide bonds. The fourth-order valence-electron chi connectivity index (χ4n) is 0.364. The molecule has 0 saturated heterocycles. The maximum absolute atomic E-state index is 10.8. The van der Waals surface area contributed by atoms with Crippen molar-refractivity contribution in [1.29, 1.82) is 0 Å². The topological polar surface area (TPSA) is 26.3 Å². The summed E-state index contributed by atoms with van der Waals surface area (Å²) in [6, 6.07) is 0. The Kier molecular flexibility index (Phi) is 2.65. The molecule has 0 fully saturated rings. The maximum atomic E-state index is 10.8. The first-order valence-corrected chi connectivity index (χ1v) is 3.30. The highest BCUT2D eigenvalue weighted by Crippen LogP contribution is 2.20. The molecule has 0 aliphatic heterocycles. The van der Waals surface area contributed by atoms with E-state index in [9.17, 15) is 5.21 Å². The van der Waals surface area contributed by atoms with E-state index in [0.717, 1.165) is 5.06 Å². The Balaban J connectivity index is 4.01. The predicted molar refractivity (Wildman–Crippen MR) is 40.0 cm³/mol. The van der Waals surface area contributed by atoms with Crippen LogP contribution in [0, 0.1) is 11.1 Å². The van der Waals surface area contributed by atoms with E-state index in [-0.39, 0.29) is 5.54 Å². The van der Waals surface area contributed by atoms with E-state index < -0.39 is 0 Å². The van der Waals surface area contributed by atoms with Crippen molar-refractivity contribution >= 4 is 0 Å². The fourth-order valence-corrected chi connectivity index (χ4v) is 0.364. The van der Waals surface area contributed by atoms with Gasteiger partial charge in [-0.3, -0.25) is 0 Å². The maximum Gasteiger partial charge on any atom is 0.00543 e. The summed E-state index contributed by atoms with van der Waals surface area (Å²) < 4.78 is 0. The van der Waals surface area contributed by atoms with Gasteiger partial charge in [-0.1, -0.05) is 13.8 Å². The smallest absolute Gasteiger partial charge is 0.00543 e. The van der Waals surface area contributed by atoms with Crippen molar-refractivity contribution in [3.8, 4) is 0 Å². The van der Waals surface area contributed by atoms with Crippen LogP contribution in [0.15, 0.2) is 0 Å². The highest BCUT2D eigenvalue weighted by molar-refractivity contribution is 4.82. The zero-order valence-corrected chi connectivity index (χ0v) is 6.93.